The molecule has 0 aromatic heterocycles. The Hall–Kier alpha value is 6.23. The summed E-state index contributed by atoms with van der Waals surface area (Å²) in [6, 6.07) is 0. The van der Waals surface area contributed by atoms with Crippen LogP contribution >= 0.6 is 0 Å². The SMILES string of the molecule is O.O.O.O.[CH3-].[CH3-].[CH3-].[CH3-].[CH3-].[CH3-].[CH3-].[CH3-].[CH3-].[CH3-].[CH3-].[CH3-].[Ce+3].[Ce+3].[Ce+3].[Ce+3].[Zr]. The average molecular weight is 904 g/mol. The van der Waals surface area contributed by atoms with Gasteiger partial charge in [-0.2, -0.15) is 0 Å². The first-order valence-electron chi connectivity index (χ1n) is 0. The summed E-state index contributed by atoms with van der Waals surface area (Å²) in [4.78, 5) is 0. The summed E-state index contributed by atoms with van der Waals surface area (Å²) >= 11 is 0. The van der Waals surface area contributed by atoms with E-state index in [0.29, 0.717) is 0 Å². The van der Waals surface area contributed by atoms with Gasteiger partial charge in [-0.05, 0) is 0 Å². The van der Waals surface area contributed by atoms with Gasteiger partial charge in [0.15, 0.2) is 0 Å². The summed E-state index contributed by atoms with van der Waals surface area (Å²) in [5.74, 6) is 0. The van der Waals surface area contributed by atoms with Crippen molar-refractivity contribution in [1.29, 1.82) is 0 Å². The fourth-order valence-corrected chi connectivity index (χ4v) is 0. The summed E-state index contributed by atoms with van der Waals surface area (Å²) in [5.41, 5.74) is 0. The molecule has 0 aromatic carbocycles. The molecule has 136 valence electrons. The van der Waals surface area contributed by atoms with Crippen molar-refractivity contribution in [3.05, 3.63) is 89.1 Å². The van der Waals surface area contributed by atoms with Crippen molar-refractivity contribution in [3.8, 4) is 0 Å². The molecule has 0 bridgehead atoms. The monoisotopic (exact) mass is 902 g/mol. The maximum atomic E-state index is 0. The van der Waals surface area contributed by atoms with E-state index >= 15 is 0 Å². The standard InChI is InChI=1S/12CH3.4Ce.4H2O.Zr/h12*1H3;;;;;4*1H2;/q12*-1;4*+3;;;;;. The molecule has 0 aromatic rings. The minimum atomic E-state index is 0. The summed E-state index contributed by atoms with van der Waals surface area (Å²) in [6.07, 6.45) is 0. The fraction of sp³-hybridized carbons (Fsp3) is 0. The third kappa shape index (κ3) is 397. The second-order valence-corrected chi connectivity index (χ2v) is 0. The van der Waals surface area contributed by atoms with Gasteiger partial charge in [0.2, 0.25) is 0 Å². The first kappa shape index (κ1) is 483. The molecule has 21 heavy (non-hydrogen) atoms. The molecule has 0 aliphatic rings. The maximum absolute atomic E-state index is 0. The van der Waals surface area contributed by atoms with E-state index in [1.54, 1.807) is 0 Å². The van der Waals surface area contributed by atoms with Crippen LogP contribution in [0.4, 0.5) is 0 Å². The van der Waals surface area contributed by atoms with Crippen LogP contribution in [0.5, 0.6) is 0 Å². The van der Waals surface area contributed by atoms with E-state index in [2.05, 4.69) is 0 Å². The predicted molar refractivity (Wildman–Crippen MR) is 91.4 cm³/mol. The normalized spacial score (nSPS) is 0. The van der Waals surface area contributed by atoms with Crippen LogP contribution in [0.2, 0.25) is 0 Å². The van der Waals surface area contributed by atoms with Crippen LogP contribution in [0.1, 0.15) is 0 Å². The van der Waals surface area contributed by atoms with Crippen molar-refractivity contribution in [3.63, 3.8) is 0 Å². The molecule has 0 saturated heterocycles. The molecular formula is C12H44Ce4O4Zr. The van der Waals surface area contributed by atoms with Crippen LogP contribution in [-0.4, -0.2) is 21.9 Å². The molecule has 0 saturated carbocycles. The van der Waals surface area contributed by atoms with E-state index in [-0.39, 0.29) is 304 Å². The van der Waals surface area contributed by atoms with Gasteiger partial charge >= 0.3 is 167 Å². The number of rotatable bonds is 0. The molecule has 0 atom stereocenters. The zero-order valence-electron chi connectivity index (χ0n) is 16.5. The van der Waals surface area contributed by atoms with E-state index in [1.165, 1.54) is 0 Å². The average Bonchev–Trinajstić information content (AvgIpc) is 0. The summed E-state index contributed by atoms with van der Waals surface area (Å²) in [6.45, 7) is 0. The summed E-state index contributed by atoms with van der Waals surface area (Å²) < 4.78 is 0. The minimum Gasteiger partial charge on any atom is -0.412 e. The quantitative estimate of drug-likeness (QED) is 0.331. The minimum absolute atomic E-state index is 0. The van der Waals surface area contributed by atoms with Crippen LogP contribution in [0.25, 0.3) is 0 Å². The Bertz CT molecular complexity index is 33.2. The second kappa shape index (κ2) is 430. The van der Waals surface area contributed by atoms with Crippen LogP contribution in [0.15, 0.2) is 0 Å². The van der Waals surface area contributed by atoms with Gasteiger partial charge in [-0.1, -0.05) is 0 Å². The van der Waals surface area contributed by atoms with Crippen LogP contribution < -0.4 is 0 Å². The smallest absolute Gasteiger partial charge is 0.412 e. The van der Waals surface area contributed by atoms with Gasteiger partial charge in [0.05, 0.1) is 0 Å². The van der Waals surface area contributed by atoms with Crippen molar-refractivity contribution in [2.75, 3.05) is 0 Å². The number of hydrogen-bond donors (Lipinski definition) is 0. The third-order valence-electron chi connectivity index (χ3n) is 0. The van der Waals surface area contributed by atoms with E-state index in [4.69, 9.17) is 0 Å². The zero-order chi connectivity index (χ0) is 0. The largest absolute Gasteiger partial charge is 3.00 e. The second-order valence-electron chi connectivity index (χ2n) is 0. The molecule has 0 aliphatic carbocycles. The van der Waals surface area contributed by atoms with Gasteiger partial charge in [-0.25, -0.2) is 0 Å². The zero-order valence-corrected chi connectivity index (χ0v) is 31.5. The molecule has 0 aliphatic heterocycles. The first-order chi connectivity index (χ1) is 0. The van der Waals surface area contributed by atoms with Crippen molar-refractivity contribution in [1.82, 2.24) is 0 Å². The van der Waals surface area contributed by atoms with Crippen molar-refractivity contribution < 1.29 is 215 Å². The molecule has 4 radical (unpaired) electrons. The van der Waals surface area contributed by atoms with E-state index in [1.807, 2.05) is 0 Å². The fourth-order valence-electron chi connectivity index (χ4n) is 0. The van der Waals surface area contributed by atoms with Gasteiger partial charge in [0.1, 0.15) is 0 Å². The molecule has 0 rings (SSSR count). The predicted octanol–water partition coefficient (Wildman–Crippen LogP) is 2.10. The maximum Gasteiger partial charge on any atom is 3.00 e. The molecule has 0 heterocycles. The van der Waals surface area contributed by atoms with E-state index < -0.39 is 0 Å². The van der Waals surface area contributed by atoms with Crippen LogP contribution in [-0.2, 0) is 26.2 Å². The Morgan fingerprint density at radius 2 is 0.190 bits per heavy atom. The summed E-state index contributed by atoms with van der Waals surface area (Å²) in [5, 5.41) is 0. The Morgan fingerprint density at radius 3 is 0.190 bits per heavy atom. The van der Waals surface area contributed by atoms with Crippen molar-refractivity contribution in [2.45, 2.75) is 0 Å². The van der Waals surface area contributed by atoms with Crippen LogP contribution in [0, 0.1) is 256 Å². The van der Waals surface area contributed by atoms with Gasteiger partial charge in [0, 0.05) is 26.2 Å². The Balaban J connectivity index is 0. The third-order valence-corrected chi connectivity index (χ3v) is 0. The Labute approximate surface area is 297 Å². The molecule has 0 unspecified atom stereocenters. The Morgan fingerprint density at radius 1 is 0.190 bits per heavy atom. The van der Waals surface area contributed by atoms with Crippen molar-refractivity contribution in [2.24, 2.45) is 0 Å². The molecule has 0 spiro atoms. The van der Waals surface area contributed by atoms with Gasteiger partial charge in [-0.3, -0.25) is 0 Å². The molecule has 0 fully saturated rings. The molecule has 8 N–H and O–H groups in total. The Kier molecular flexibility index (Phi) is 9890. The molecule has 0 amide bonds. The molecular weight excluding hydrogens is 860 g/mol. The van der Waals surface area contributed by atoms with Gasteiger partial charge in [0.25, 0.3) is 0 Å². The molecule has 4 nitrogen and oxygen atoms in total. The number of hydrogen-bond acceptors (Lipinski definition) is 0. The summed E-state index contributed by atoms with van der Waals surface area (Å²) in [7, 11) is 0. The molecule has 9 heteroatoms. The van der Waals surface area contributed by atoms with Crippen molar-refractivity contribution >= 4 is 0 Å². The van der Waals surface area contributed by atoms with E-state index in [0.717, 1.165) is 0 Å². The first-order valence-corrected chi connectivity index (χ1v) is 0. The van der Waals surface area contributed by atoms with Gasteiger partial charge in [-0.15, -0.1) is 0 Å². The van der Waals surface area contributed by atoms with Gasteiger partial charge < -0.3 is 111 Å². The van der Waals surface area contributed by atoms with Crippen LogP contribution in [0.3, 0.4) is 0 Å². The topological polar surface area (TPSA) is 126 Å². The van der Waals surface area contributed by atoms with E-state index in [9.17, 15) is 0 Å².